The summed E-state index contributed by atoms with van der Waals surface area (Å²) in [6, 6.07) is 5.71. The number of rotatable bonds is 6. The molecule has 30 heavy (non-hydrogen) atoms. The van der Waals surface area contributed by atoms with Crippen LogP contribution in [-0.2, 0) is 10.0 Å². The fraction of sp³-hybridized carbons (Fsp3) is 0.421. The predicted octanol–water partition coefficient (Wildman–Crippen LogP) is 2.30. The van der Waals surface area contributed by atoms with Gasteiger partial charge in [0.25, 0.3) is 0 Å². The highest BCUT2D eigenvalue weighted by Gasteiger charge is 2.31. The van der Waals surface area contributed by atoms with E-state index >= 15 is 0 Å². The van der Waals surface area contributed by atoms with E-state index < -0.39 is 16.1 Å². The average molecular weight is 435 g/mol. The summed E-state index contributed by atoms with van der Waals surface area (Å²) in [5, 5.41) is 2.59. The second-order valence-electron chi connectivity index (χ2n) is 7.41. The Hall–Kier alpha value is -2.92. The first-order valence-electron chi connectivity index (χ1n) is 9.57. The molecule has 11 heteroatoms. The summed E-state index contributed by atoms with van der Waals surface area (Å²) in [6.45, 7) is 5.13. The van der Waals surface area contributed by atoms with Gasteiger partial charge < -0.3 is 10.1 Å². The van der Waals surface area contributed by atoms with E-state index in [9.17, 15) is 13.2 Å². The van der Waals surface area contributed by atoms with Crippen LogP contribution < -0.4 is 20.9 Å². The first kappa shape index (κ1) is 21.8. The summed E-state index contributed by atoms with van der Waals surface area (Å²) in [6.07, 6.45) is 3.85. The molecule has 2 unspecified atom stereocenters. The minimum absolute atomic E-state index is 0.124. The number of amides is 2. The Bertz CT molecular complexity index is 973. The molecule has 1 aliphatic rings. The molecule has 2 atom stereocenters. The molecule has 1 saturated heterocycles. The number of hydrogen-bond acceptors (Lipinski definition) is 7. The molecule has 162 valence electrons. The predicted molar refractivity (Wildman–Crippen MR) is 113 cm³/mol. The number of carbonyl (C=O) groups is 1. The number of nitrogens with zero attached hydrogens (tertiary/aromatic N) is 3. The summed E-state index contributed by atoms with van der Waals surface area (Å²) in [5.74, 6) is 1.21. The number of pyridine rings is 2. The van der Waals surface area contributed by atoms with Gasteiger partial charge in [-0.2, -0.15) is 4.31 Å². The average Bonchev–Trinajstić information content (AvgIpc) is 2.72. The number of hydrazine groups is 1. The van der Waals surface area contributed by atoms with E-state index in [4.69, 9.17) is 4.74 Å². The van der Waals surface area contributed by atoms with E-state index in [1.54, 1.807) is 18.3 Å². The molecule has 3 N–H and O–H groups in total. The van der Waals surface area contributed by atoms with Crippen molar-refractivity contribution >= 4 is 27.6 Å². The van der Waals surface area contributed by atoms with Gasteiger partial charge in [0.05, 0.1) is 7.11 Å². The molecule has 0 aromatic carbocycles. The number of aromatic nitrogens is 2. The Balaban J connectivity index is 1.60. The highest BCUT2D eigenvalue weighted by Crippen LogP contribution is 2.26. The van der Waals surface area contributed by atoms with E-state index in [0.29, 0.717) is 36.4 Å². The highest BCUT2D eigenvalue weighted by atomic mass is 32.2. The maximum atomic E-state index is 12.9. The van der Waals surface area contributed by atoms with Crippen LogP contribution in [0, 0.1) is 11.8 Å². The van der Waals surface area contributed by atoms with Crippen LogP contribution in [0.2, 0.25) is 0 Å². The van der Waals surface area contributed by atoms with Gasteiger partial charge in [0.2, 0.25) is 15.9 Å². The summed E-state index contributed by atoms with van der Waals surface area (Å²) in [7, 11) is -2.15. The lowest BCUT2D eigenvalue weighted by molar-refractivity contribution is 0.222. The van der Waals surface area contributed by atoms with Gasteiger partial charge in [0.1, 0.15) is 16.4 Å². The Kier molecular flexibility index (Phi) is 6.73. The van der Waals surface area contributed by atoms with Crippen molar-refractivity contribution in [2.45, 2.75) is 25.2 Å². The lowest BCUT2D eigenvalue weighted by Gasteiger charge is -2.33. The van der Waals surface area contributed by atoms with Crippen molar-refractivity contribution in [1.29, 1.82) is 0 Å². The van der Waals surface area contributed by atoms with Crippen molar-refractivity contribution < 1.29 is 17.9 Å². The zero-order chi connectivity index (χ0) is 21.7. The zero-order valence-electron chi connectivity index (χ0n) is 17.1. The van der Waals surface area contributed by atoms with E-state index in [-0.39, 0.29) is 10.8 Å². The number of piperidine rings is 1. The van der Waals surface area contributed by atoms with Crippen molar-refractivity contribution in [2.24, 2.45) is 11.8 Å². The maximum Gasteiger partial charge on any atom is 0.338 e. The van der Waals surface area contributed by atoms with Gasteiger partial charge in [-0.1, -0.05) is 13.8 Å². The molecule has 2 aromatic heterocycles. The van der Waals surface area contributed by atoms with Crippen molar-refractivity contribution in [3.05, 3.63) is 36.7 Å². The van der Waals surface area contributed by atoms with Gasteiger partial charge in [-0.15, -0.1) is 0 Å². The first-order chi connectivity index (χ1) is 14.3. The first-order valence-corrected chi connectivity index (χ1v) is 11.0. The Labute approximate surface area is 176 Å². The number of urea groups is 1. The molecular formula is C19H26N6O4S. The van der Waals surface area contributed by atoms with E-state index in [2.05, 4.69) is 40.0 Å². The molecule has 3 rings (SSSR count). The lowest BCUT2D eigenvalue weighted by Crippen LogP contribution is -2.42. The summed E-state index contributed by atoms with van der Waals surface area (Å²) < 4.78 is 32.4. The minimum Gasteiger partial charge on any atom is -0.480 e. The molecule has 0 radical (unpaired) electrons. The van der Waals surface area contributed by atoms with Gasteiger partial charge >= 0.3 is 6.03 Å². The number of ether oxygens (including phenoxy) is 1. The third kappa shape index (κ3) is 5.16. The Morgan fingerprint density at radius 1 is 1.17 bits per heavy atom. The van der Waals surface area contributed by atoms with Gasteiger partial charge in [0.15, 0.2) is 0 Å². The number of nitrogens with one attached hydrogen (secondary N) is 3. The summed E-state index contributed by atoms with van der Waals surface area (Å²) in [4.78, 5) is 20.3. The second-order valence-corrected chi connectivity index (χ2v) is 9.35. The molecule has 0 aliphatic carbocycles. The highest BCUT2D eigenvalue weighted by molar-refractivity contribution is 7.89. The fourth-order valence-corrected chi connectivity index (χ4v) is 5.11. The Morgan fingerprint density at radius 3 is 2.53 bits per heavy atom. The normalized spacial score (nSPS) is 19.7. The molecule has 0 spiro atoms. The smallest absolute Gasteiger partial charge is 0.338 e. The third-order valence-corrected chi connectivity index (χ3v) is 6.54. The number of sulfonamides is 1. The molecule has 10 nitrogen and oxygen atoms in total. The topological polar surface area (TPSA) is 126 Å². The van der Waals surface area contributed by atoms with Crippen molar-refractivity contribution in [3.8, 4) is 5.88 Å². The second kappa shape index (κ2) is 9.26. The number of methoxy groups -OCH3 is 1. The largest absolute Gasteiger partial charge is 0.480 e. The summed E-state index contributed by atoms with van der Waals surface area (Å²) >= 11 is 0. The molecule has 1 fully saturated rings. The Morgan fingerprint density at radius 2 is 1.90 bits per heavy atom. The fourth-order valence-electron chi connectivity index (χ4n) is 3.48. The lowest BCUT2D eigenvalue weighted by atomic mass is 9.94. The van der Waals surface area contributed by atoms with E-state index in [1.165, 1.54) is 29.7 Å². The van der Waals surface area contributed by atoms with Crippen LogP contribution in [-0.4, -0.2) is 48.9 Å². The van der Waals surface area contributed by atoms with Crippen LogP contribution in [0.4, 0.5) is 16.3 Å². The molecule has 0 saturated carbocycles. The quantitative estimate of drug-likeness (QED) is 0.596. The van der Waals surface area contributed by atoms with Crippen molar-refractivity contribution in [2.75, 3.05) is 30.9 Å². The summed E-state index contributed by atoms with van der Waals surface area (Å²) in [5.41, 5.74) is 5.46. The van der Waals surface area contributed by atoms with Gasteiger partial charge in [-0.05, 0) is 42.5 Å². The standard InChI is InChI=1S/C19H26N6O4S/c1-13-9-14(2)12-25(11-13)30(27,28)15-6-7-17(21-10-15)23-24-19(26)22-16-5-4-8-20-18(16)29-3/h4-8,10,13-14H,9,11-12H2,1-3H3,(H,21,23)(H2,22,24,26). The molecular weight excluding hydrogens is 408 g/mol. The molecule has 3 heterocycles. The van der Waals surface area contributed by atoms with Crippen molar-refractivity contribution in [1.82, 2.24) is 19.7 Å². The molecule has 0 bridgehead atoms. The van der Waals surface area contributed by atoms with Crippen LogP contribution in [0.25, 0.3) is 0 Å². The van der Waals surface area contributed by atoms with E-state index in [0.717, 1.165) is 6.42 Å². The van der Waals surface area contributed by atoms with Gasteiger partial charge in [-0.3, -0.25) is 10.9 Å². The molecule has 1 aliphatic heterocycles. The van der Waals surface area contributed by atoms with Crippen LogP contribution in [0.15, 0.2) is 41.6 Å². The third-order valence-electron chi connectivity index (χ3n) is 4.73. The number of anilines is 2. The van der Waals surface area contributed by atoms with E-state index in [1.807, 2.05) is 0 Å². The monoisotopic (exact) mass is 434 g/mol. The zero-order valence-corrected chi connectivity index (χ0v) is 17.9. The SMILES string of the molecule is COc1ncccc1NC(=O)NNc1ccc(S(=O)(=O)N2CC(C)CC(C)C2)cn1. The molecule has 2 amide bonds. The van der Waals surface area contributed by atoms with Gasteiger partial charge in [0, 0.05) is 25.5 Å². The van der Waals surface area contributed by atoms with Gasteiger partial charge in [-0.25, -0.2) is 23.2 Å². The number of hydrogen-bond donors (Lipinski definition) is 3. The van der Waals surface area contributed by atoms with Crippen LogP contribution in [0.1, 0.15) is 20.3 Å². The minimum atomic E-state index is -3.60. The molecule has 2 aromatic rings. The number of carbonyl (C=O) groups excluding carboxylic acids is 1. The van der Waals surface area contributed by atoms with Crippen LogP contribution in [0.3, 0.4) is 0 Å². The van der Waals surface area contributed by atoms with Crippen LogP contribution >= 0.6 is 0 Å². The van der Waals surface area contributed by atoms with Crippen LogP contribution in [0.5, 0.6) is 5.88 Å². The van der Waals surface area contributed by atoms with Crippen molar-refractivity contribution in [3.63, 3.8) is 0 Å². The maximum absolute atomic E-state index is 12.9.